The van der Waals surface area contributed by atoms with Crippen LogP contribution in [0.1, 0.15) is 30.1 Å². The monoisotopic (exact) mass is 322 g/mol. The van der Waals surface area contributed by atoms with Gasteiger partial charge >= 0.3 is 0 Å². The number of carbonyl (C=O) groups is 1. The second-order valence-corrected chi connectivity index (χ2v) is 4.86. The molecule has 116 valence electrons. The van der Waals surface area contributed by atoms with E-state index in [1.807, 2.05) is 0 Å². The van der Waals surface area contributed by atoms with E-state index in [1.165, 1.54) is 23.0 Å². The van der Waals surface area contributed by atoms with Crippen LogP contribution in [0, 0.1) is 5.82 Å². The normalized spacial score (nSPS) is 10.3. The molecule has 2 N–H and O–H groups in total. The zero-order chi connectivity index (χ0) is 15.9. The number of aryl methyl sites for hydroxylation is 1. The molecule has 0 aliphatic carbocycles. The van der Waals surface area contributed by atoms with Crippen molar-refractivity contribution in [1.29, 1.82) is 0 Å². The average Bonchev–Trinajstić information content (AvgIpc) is 2.92. The molecule has 1 aromatic carbocycles. The highest BCUT2D eigenvalue weighted by Crippen LogP contribution is 2.06. The smallest absolute Gasteiger partial charge is 0.269 e. The first kappa shape index (κ1) is 16.0. The Morgan fingerprint density at radius 1 is 1.41 bits per heavy atom. The van der Waals surface area contributed by atoms with E-state index in [0.29, 0.717) is 6.54 Å². The highest BCUT2D eigenvalue weighted by molar-refractivity contribution is 7.80. The number of amides is 1. The van der Waals surface area contributed by atoms with Crippen molar-refractivity contribution in [1.82, 2.24) is 25.5 Å². The lowest BCUT2D eigenvalue weighted by atomic mass is 10.2. The minimum atomic E-state index is -0.644. The molecule has 0 radical (unpaired) electrons. The van der Waals surface area contributed by atoms with Crippen LogP contribution >= 0.6 is 12.2 Å². The van der Waals surface area contributed by atoms with Crippen LogP contribution in [-0.2, 0) is 6.54 Å². The van der Waals surface area contributed by atoms with Crippen molar-refractivity contribution < 1.29 is 9.18 Å². The number of unbranched alkanes of at least 4 members (excludes halogenated alkanes) is 1. The van der Waals surface area contributed by atoms with Crippen molar-refractivity contribution in [2.75, 3.05) is 5.32 Å². The zero-order valence-corrected chi connectivity index (χ0v) is 12.7. The molecule has 22 heavy (non-hydrogen) atoms. The van der Waals surface area contributed by atoms with Gasteiger partial charge in [-0.25, -0.2) is 4.39 Å². The molecule has 0 aliphatic rings. The summed E-state index contributed by atoms with van der Waals surface area (Å²) in [5, 5.41) is 16.6. The van der Waals surface area contributed by atoms with E-state index in [1.54, 1.807) is 6.07 Å². The van der Waals surface area contributed by atoms with E-state index in [2.05, 4.69) is 33.0 Å². The molecule has 1 aromatic heterocycles. The molecule has 9 heteroatoms. The van der Waals surface area contributed by atoms with Gasteiger partial charge in [0.1, 0.15) is 5.82 Å². The Hall–Kier alpha value is -2.42. The van der Waals surface area contributed by atoms with E-state index in [4.69, 9.17) is 12.2 Å². The van der Waals surface area contributed by atoms with Gasteiger partial charge in [0.25, 0.3) is 11.9 Å². The minimum absolute atomic E-state index is 0.0247. The van der Waals surface area contributed by atoms with Crippen LogP contribution in [0.15, 0.2) is 24.3 Å². The molecule has 2 rings (SSSR count). The quantitative estimate of drug-likeness (QED) is 0.816. The number of benzene rings is 1. The van der Waals surface area contributed by atoms with Crippen molar-refractivity contribution in [2.24, 2.45) is 0 Å². The van der Waals surface area contributed by atoms with Crippen LogP contribution in [-0.4, -0.2) is 31.2 Å². The molecule has 0 bridgehead atoms. The van der Waals surface area contributed by atoms with Crippen LogP contribution in [0.2, 0.25) is 0 Å². The summed E-state index contributed by atoms with van der Waals surface area (Å²) in [5.41, 5.74) is -0.0915. The van der Waals surface area contributed by atoms with Gasteiger partial charge in [-0.1, -0.05) is 30.6 Å². The lowest BCUT2D eigenvalue weighted by Crippen LogP contribution is -2.34. The first-order valence-electron chi connectivity index (χ1n) is 6.75. The van der Waals surface area contributed by atoms with Crippen molar-refractivity contribution in [3.8, 4) is 0 Å². The van der Waals surface area contributed by atoms with Crippen LogP contribution in [0.3, 0.4) is 0 Å². The molecule has 0 atom stereocenters. The van der Waals surface area contributed by atoms with Gasteiger partial charge in [-0.2, -0.15) is 4.80 Å². The van der Waals surface area contributed by atoms with Gasteiger partial charge in [0.2, 0.25) is 0 Å². The van der Waals surface area contributed by atoms with Gasteiger partial charge in [0.05, 0.1) is 12.1 Å². The molecule has 0 saturated heterocycles. The Bertz CT molecular complexity index is 674. The van der Waals surface area contributed by atoms with E-state index >= 15 is 0 Å². The molecule has 0 fully saturated rings. The van der Waals surface area contributed by atoms with Crippen molar-refractivity contribution in [3.05, 3.63) is 35.6 Å². The molecule has 1 amide bonds. The van der Waals surface area contributed by atoms with Crippen molar-refractivity contribution in [3.63, 3.8) is 0 Å². The standard InChI is InChI=1S/C13H15FN6OS/c1-2-3-8-20-18-12(17-19-20)16-13(22)15-11(21)9-6-4-5-7-10(9)14/h4-7H,2-3,8H2,1H3,(H2,15,16,18,21,22). The SMILES string of the molecule is CCCCn1nnc(NC(=S)NC(=O)c2ccccc2F)n1. The highest BCUT2D eigenvalue weighted by atomic mass is 32.1. The summed E-state index contributed by atoms with van der Waals surface area (Å²) < 4.78 is 13.5. The summed E-state index contributed by atoms with van der Waals surface area (Å²) in [6.45, 7) is 2.71. The molecular weight excluding hydrogens is 307 g/mol. The summed E-state index contributed by atoms with van der Waals surface area (Å²) >= 11 is 4.97. The Morgan fingerprint density at radius 3 is 2.91 bits per heavy atom. The fraction of sp³-hybridized carbons (Fsp3) is 0.308. The molecule has 2 aromatic rings. The maximum Gasteiger partial charge on any atom is 0.269 e. The Morgan fingerprint density at radius 2 is 2.18 bits per heavy atom. The van der Waals surface area contributed by atoms with Gasteiger partial charge in [-0.05, 0) is 36.0 Å². The van der Waals surface area contributed by atoms with Crippen LogP contribution < -0.4 is 10.6 Å². The molecule has 7 nitrogen and oxygen atoms in total. The molecule has 1 heterocycles. The number of hydrogen-bond acceptors (Lipinski definition) is 5. The van der Waals surface area contributed by atoms with Crippen molar-refractivity contribution >= 4 is 29.2 Å². The first-order chi connectivity index (χ1) is 10.6. The van der Waals surface area contributed by atoms with Crippen LogP contribution in [0.5, 0.6) is 0 Å². The minimum Gasteiger partial charge on any atom is -0.299 e. The molecular formula is C13H15FN6OS. The van der Waals surface area contributed by atoms with Crippen LogP contribution in [0.25, 0.3) is 0 Å². The Kier molecular flexibility index (Phi) is 5.48. The number of carbonyl (C=O) groups excluding carboxylic acids is 1. The number of aromatic nitrogens is 4. The lowest BCUT2D eigenvalue weighted by Gasteiger charge is -2.06. The third kappa shape index (κ3) is 4.29. The van der Waals surface area contributed by atoms with Gasteiger partial charge < -0.3 is 0 Å². The number of thiocarbonyl (C=S) groups is 1. The number of nitrogens with zero attached hydrogens (tertiary/aromatic N) is 4. The molecule has 0 aliphatic heterocycles. The Labute approximate surface area is 131 Å². The largest absolute Gasteiger partial charge is 0.299 e. The second-order valence-electron chi connectivity index (χ2n) is 4.45. The third-order valence-corrected chi connectivity index (χ3v) is 2.94. The van der Waals surface area contributed by atoms with Gasteiger partial charge in [0.15, 0.2) is 5.11 Å². The molecule has 0 saturated carbocycles. The average molecular weight is 322 g/mol. The predicted octanol–water partition coefficient (Wildman–Crippen LogP) is 1.74. The van der Waals surface area contributed by atoms with E-state index in [9.17, 15) is 9.18 Å². The summed E-state index contributed by atoms with van der Waals surface area (Å²) in [6, 6.07) is 5.63. The fourth-order valence-corrected chi connectivity index (χ4v) is 1.82. The fourth-order valence-electron chi connectivity index (χ4n) is 1.64. The van der Waals surface area contributed by atoms with E-state index < -0.39 is 11.7 Å². The number of nitrogens with one attached hydrogen (secondary N) is 2. The number of rotatable bonds is 5. The summed E-state index contributed by atoms with van der Waals surface area (Å²) in [7, 11) is 0. The summed E-state index contributed by atoms with van der Waals surface area (Å²) in [5.74, 6) is -1.09. The number of halogens is 1. The zero-order valence-electron chi connectivity index (χ0n) is 11.9. The number of tetrazole rings is 1. The van der Waals surface area contributed by atoms with Gasteiger partial charge in [-0.15, -0.1) is 5.10 Å². The summed E-state index contributed by atoms with van der Waals surface area (Å²) in [6.07, 6.45) is 1.95. The molecule has 0 unspecified atom stereocenters. The van der Waals surface area contributed by atoms with Gasteiger partial charge in [-0.3, -0.25) is 15.4 Å². The maximum absolute atomic E-state index is 13.5. The lowest BCUT2D eigenvalue weighted by molar-refractivity contribution is 0.0974. The van der Waals surface area contributed by atoms with E-state index in [0.717, 1.165) is 12.8 Å². The third-order valence-electron chi connectivity index (χ3n) is 2.74. The maximum atomic E-state index is 13.5. The highest BCUT2D eigenvalue weighted by Gasteiger charge is 2.13. The first-order valence-corrected chi connectivity index (χ1v) is 7.15. The molecule has 0 spiro atoms. The Balaban J connectivity index is 1.91. The second kappa shape index (κ2) is 7.55. The van der Waals surface area contributed by atoms with Gasteiger partial charge in [0, 0.05) is 0 Å². The topological polar surface area (TPSA) is 84.7 Å². The number of anilines is 1. The van der Waals surface area contributed by atoms with Crippen molar-refractivity contribution in [2.45, 2.75) is 26.3 Å². The number of hydrogen-bond donors (Lipinski definition) is 2. The summed E-state index contributed by atoms with van der Waals surface area (Å²) in [4.78, 5) is 13.3. The van der Waals surface area contributed by atoms with E-state index in [-0.39, 0.29) is 16.6 Å². The van der Waals surface area contributed by atoms with Crippen LogP contribution in [0.4, 0.5) is 10.3 Å². The predicted molar refractivity (Wildman–Crippen MR) is 82.8 cm³/mol.